The second-order valence-corrected chi connectivity index (χ2v) is 8.19. The molecule has 3 aromatic rings. The lowest BCUT2D eigenvalue weighted by atomic mass is 10.0. The van der Waals surface area contributed by atoms with Gasteiger partial charge in [-0.05, 0) is 44.9 Å². The van der Waals surface area contributed by atoms with Crippen molar-refractivity contribution < 1.29 is 17.9 Å². The van der Waals surface area contributed by atoms with Crippen molar-refractivity contribution in [1.82, 2.24) is 14.5 Å². The van der Waals surface area contributed by atoms with E-state index in [2.05, 4.69) is 15.3 Å². The van der Waals surface area contributed by atoms with Crippen LogP contribution in [0.15, 0.2) is 41.3 Å². The van der Waals surface area contributed by atoms with Gasteiger partial charge in [-0.25, -0.2) is 9.97 Å². The van der Waals surface area contributed by atoms with Gasteiger partial charge in [-0.15, -0.1) is 0 Å². The number of pyridine rings is 1. The standard InChI is InChI=1S/C22H23F3N4O2/c1-13(15-5-4-6-16(9-15)22(23,24)25)26-20-17-11-29(21(3)7-8-31-12-21)19(30)10-18(17)27-14(2)28-20/h4-6,9-11,13H,7-8,12H2,1-3H3,(H,26,27,28)/t13-,21?/m1/s1. The topological polar surface area (TPSA) is 69.0 Å². The maximum Gasteiger partial charge on any atom is 0.416 e. The molecule has 164 valence electrons. The monoisotopic (exact) mass is 432 g/mol. The molecule has 1 N–H and O–H groups in total. The number of hydrogen-bond donors (Lipinski definition) is 1. The Morgan fingerprint density at radius 2 is 2.03 bits per heavy atom. The molecule has 0 bridgehead atoms. The number of aryl methyl sites for hydroxylation is 1. The van der Waals surface area contributed by atoms with Crippen LogP contribution in [0.1, 0.15) is 43.3 Å². The first-order valence-corrected chi connectivity index (χ1v) is 10.00. The van der Waals surface area contributed by atoms with Crippen molar-refractivity contribution in [2.24, 2.45) is 0 Å². The number of rotatable bonds is 4. The molecule has 0 spiro atoms. The van der Waals surface area contributed by atoms with Gasteiger partial charge in [-0.2, -0.15) is 13.2 Å². The van der Waals surface area contributed by atoms with Gasteiger partial charge in [0.05, 0.1) is 28.6 Å². The van der Waals surface area contributed by atoms with Crippen LogP contribution in [-0.2, 0) is 16.5 Å². The lowest BCUT2D eigenvalue weighted by Crippen LogP contribution is -2.38. The largest absolute Gasteiger partial charge is 0.416 e. The fourth-order valence-corrected chi connectivity index (χ4v) is 3.87. The van der Waals surface area contributed by atoms with Crippen molar-refractivity contribution in [3.05, 3.63) is 63.8 Å². The SMILES string of the molecule is Cc1nc(N[C@H](C)c2cccc(C(F)(F)F)c2)c2cn(C3(C)CCOC3)c(=O)cc2n1. The molecule has 0 radical (unpaired) electrons. The zero-order valence-electron chi connectivity index (χ0n) is 17.5. The summed E-state index contributed by atoms with van der Waals surface area (Å²) in [7, 11) is 0. The highest BCUT2D eigenvalue weighted by Gasteiger charge is 2.33. The quantitative estimate of drug-likeness (QED) is 0.661. The van der Waals surface area contributed by atoms with Crippen LogP contribution in [0.25, 0.3) is 10.9 Å². The third-order valence-electron chi connectivity index (χ3n) is 5.69. The molecule has 6 nitrogen and oxygen atoms in total. The van der Waals surface area contributed by atoms with E-state index >= 15 is 0 Å². The molecule has 0 amide bonds. The Balaban J connectivity index is 1.76. The van der Waals surface area contributed by atoms with E-state index < -0.39 is 23.3 Å². The number of benzene rings is 1. The van der Waals surface area contributed by atoms with Crippen molar-refractivity contribution in [3.8, 4) is 0 Å². The third-order valence-corrected chi connectivity index (χ3v) is 5.69. The van der Waals surface area contributed by atoms with Crippen LogP contribution in [0.5, 0.6) is 0 Å². The Bertz CT molecular complexity index is 1180. The summed E-state index contributed by atoms with van der Waals surface area (Å²) in [4.78, 5) is 21.6. The average molecular weight is 432 g/mol. The third kappa shape index (κ3) is 4.14. The van der Waals surface area contributed by atoms with Gasteiger partial charge in [0.25, 0.3) is 5.56 Å². The Morgan fingerprint density at radius 1 is 1.26 bits per heavy atom. The van der Waals surface area contributed by atoms with Crippen LogP contribution in [0.4, 0.5) is 19.0 Å². The fourth-order valence-electron chi connectivity index (χ4n) is 3.87. The summed E-state index contributed by atoms with van der Waals surface area (Å²) in [6, 6.07) is 6.21. The van der Waals surface area contributed by atoms with E-state index in [0.29, 0.717) is 47.7 Å². The van der Waals surface area contributed by atoms with Gasteiger partial charge in [0.2, 0.25) is 0 Å². The summed E-state index contributed by atoms with van der Waals surface area (Å²) < 4.78 is 46.4. The van der Waals surface area contributed by atoms with Gasteiger partial charge in [0, 0.05) is 24.9 Å². The minimum Gasteiger partial charge on any atom is -0.379 e. The highest BCUT2D eigenvalue weighted by atomic mass is 19.4. The van der Waals surface area contributed by atoms with Gasteiger partial charge in [0.1, 0.15) is 11.6 Å². The fraction of sp³-hybridized carbons (Fsp3) is 0.409. The molecule has 4 rings (SSSR count). The molecular weight excluding hydrogens is 409 g/mol. The molecule has 0 saturated carbocycles. The zero-order chi connectivity index (χ0) is 22.4. The normalized spacial score (nSPS) is 20.2. The predicted molar refractivity (Wildman–Crippen MR) is 111 cm³/mol. The van der Waals surface area contributed by atoms with E-state index in [1.54, 1.807) is 30.7 Å². The second kappa shape index (κ2) is 7.64. The lowest BCUT2D eigenvalue weighted by Gasteiger charge is -2.26. The summed E-state index contributed by atoms with van der Waals surface area (Å²) in [6.07, 6.45) is -2.00. The minimum absolute atomic E-state index is 0.185. The Labute approximate surface area is 177 Å². The molecular formula is C22H23F3N4O2. The molecule has 9 heteroatoms. The maximum atomic E-state index is 13.1. The van der Waals surface area contributed by atoms with Gasteiger partial charge in [-0.3, -0.25) is 4.79 Å². The van der Waals surface area contributed by atoms with Crippen LogP contribution in [0.2, 0.25) is 0 Å². The van der Waals surface area contributed by atoms with Crippen LogP contribution in [-0.4, -0.2) is 27.7 Å². The zero-order valence-corrected chi connectivity index (χ0v) is 17.5. The molecule has 1 aliphatic heterocycles. The van der Waals surface area contributed by atoms with E-state index in [9.17, 15) is 18.0 Å². The van der Waals surface area contributed by atoms with E-state index in [1.807, 2.05) is 6.92 Å². The number of halogens is 3. The van der Waals surface area contributed by atoms with Crippen LogP contribution < -0.4 is 10.9 Å². The van der Waals surface area contributed by atoms with Crippen molar-refractivity contribution >= 4 is 16.7 Å². The summed E-state index contributed by atoms with van der Waals surface area (Å²) in [5, 5.41) is 3.83. The highest BCUT2D eigenvalue weighted by molar-refractivity contribution is 5.88. The predicted octanol–water partition coefficient (Wildman–Crippen LogP) is 4.43. The van der Waals surface area contributed by atoms with E-state index in [-0.39, 0.29) is 5.56 Å². The van der Waals surface area contributed by atoms with E-state index in [1.165, 1.54) is 12.1 Å². The molecule has 31 heavy (non-hydrogen) atoms. The first-order valence-electron chi connectivity index (χ1n) is 10.00. The van der Waals surface area contributed by atoms with Gasteiger partial charge in [-0.1, -0.05) is 12.1 Å². The molecule has 0 aliphatic carbocycles. The number of nitrogens with zero attached hydrogens (tertiary/aromatic N) is 3. The molecule has 1 saturated heterocycles. The number of hydrogen-bond acceptors (Lipinski definition) is 5. The number of anilines is 1. The number of alkyl halides is 3. The summed E-state index contributed by atoms with van der Waals surface area (Å²) in [5.41, 5.74) is -0.403. The van der Waals surface area contributed by atoms with Crippen LogP contribution in [0.3, 0.4) is 0 Å². The number of nitrogens with one attached hydrogen (secondary N) is 1. The smallest absolute Gasteiger partial charge is 0.379 e. The van der Waals surface area contributed by atoms with Gasteiger partial charge >= 0.3 is 6.18 Å². The van der Waals surface area contributed by atoms with E-state index in [4.69, 9.17) is 4.74 Å². The number of ether oxygens (including phenoxy) is 1. The molecule has 1 fully saturated rings. The van der Waals surface area contributed by atoms with Crippen molar-refractivity contribution in [3.63, 3.8) is 0 Å². The lowest BCUT2D eigenvalue weighted by molar-refractivity contribution is -0.137. The van der Waals surface area contributed by atoms with Crippen molar-refractivity contribution in [1.29, 1.82) is 0 Å². The van der Waals surface area contributed by atoms with Gasteiger partial charge < -0.3 is 14.6 Å². The molecule has 3 heterocycles. The van der Waals surface area contributed by atoms with Crippen molar-refractivity contribution in [2.75, 3.05) is 18.5 Å². The molecule has 1 aromatic carbocycles. The Morgan fingerprint density at radius 3 is 2.71 bits per heavy atom. The molecule has 2 atom stereocenters. The highest BCUT2D eigenvalue weighted by Crippen LogP contribution is 2.32. The minimum atomic E-state index is -4.41. The number of fused-ring (bicyclic) bond motifs is 1. The molecule has 1 aliphatic rings. The Hall–Kier alpha value is -2.94. The summed E-state index contributed by atoms with van der Waals surface area (Å²) in [5.74, 6) is 0.919. The molecule has 1 unspecified atom stereocenters. The first-order chi connectivity index (χ1) is 14.6. The summed E-state index contributed by atoms with van der Waals surface area (Å²) >= 11 is 0. The summed E-state index contributed by atoms with van der Waals surface area (Å²) in [6.45, 7) is 6.43. The first kappa shape index (κ1) is 21.3. The van der Waals surface area contributed by atoms with Gasteiger partial charge in [0.15, 0.2) is 0 Å². The van der Waals surface area contributed by atoms with Crippen LogP contribution in [0, 0.1) is 6.92 Å². The van der Waals surface area contributed by atoms with E-state index in [0.717, 1.165) is 12.1 Å². The van der Waals surface area contributed by atoms with Crippen LogP contribution >= 0.6 is 0 Å². The Kier molecular flexibility index (Phi) is 5.25. The number of aromatic nitrogens is 3. The second-order valence-electron chi connectivity index (χ2n) is 8.19. The average Bonchev–Trinajstić information content (AvgIpc) is 3.14. The molecule has 2 aromatic heterocycles. The maximum absolute atomic E-state index is 13.1. The van der Waals surface area contributed by atoms with Crippen molar-refractivity contribution in [2.45, 2.75) is 44.9 Å².